The number of methoxy groups -OCH3 is 1. The van der Waals surface area contributed by atoms with Crippen molar-refractivity contribution in [1.82, 2.24) is 15.5 Å². The van der Waals surface area contributed by atoms with Gasteiger partial charge in [0.1, 0.15) is 6.04 Å². The van der Waals surface area contributed by atoms with Gasteiger partial charge in [0.05, 0.1) is 13.2 Å². The largest absolute Gasteiger partial charge is 0.383 e. The molecule has 1 atom stereocenters. The molecule has 0 bridgehead atoms. The summed E-state index contributed by atoms with van der Waals surface area (Å²) in [6.45, 7) is 2.15. The van der Waals surface area contributed by atoms with Crippen molar-refractivity contribution in [2.45, 2.75) is 18.9 Å². The van der Waals surface area contributed by atoms with E-state index in [0.29, 0.717) is 19.7 Å². The molecule has 0 aromatic heterocycles. The molecule has 7 heteroatoms. The molecule has 1 aliphatic heterocycles. The molecule has 0 aromatic carbocycles. The summed E-state index contributed by atoms with van der Waals surface area (Å²) in [4.78, 5) is 25.1. The van der Waals surface area contributed by atoms with E-state index in [1.807, 2.05) is 0 Å². The van der Waals surface area contributed by atoms with Crippen LogP contribution in [0.15, 0.2) is 0 Å². The number of carbonyl (C=O) groups is 2. The molecular formula is C11H22ClN3O3. The molecule has 1 unspecified atom stereocenters. The minimum Gasteiger partial charge on any atom is -0.383 e. The van der Waals surface area contributed by atoms with Gasteiger partial charge in [0, 0.05) is 27.2 Å². The second kappa shape index (κ2) is 9.13. The lowest BCUT2D eigenvalue weighted by Crippen LogP contribution is -2.47. The Morgan fingerprint density at radius 2 is 2.17 bits per heavy atom. The van der Waals surface area contributed by atoms with Crippen molar-refractivity contribution in [3.8, 4) is 0 Å². The van der Waals surface area contributed by atoms with Gasteiger partial charge in [0.2, 0.25) is 11.8 Å². The van der Waals surface area contributed by atoms with Crippen LogP contribution >= 0.6 is 12.4 Å². The normalized spacial score (nSPS) is 18.3. The van der Waals surface area contributed by atoms with E-state index in [9.17, 15) is 9.59 Å². The van der Waals surface area contributed by atoms with Crippen molar-refractivity contribution in [3.05, 3.63) is 0 Å². The number of hydrogen-bond acceptors (Lipinski definition) is 4. The van der Waals surface area contributed by atoms with Crippen LogP contribution in [0.3, 0.4) is 0 Å². The monoisotopic (exact) mass is 279 g/mol. The number of nitrogens with zero attached hydrogens (tertiary/aromatic N) is 1. The summed E-state index contributed by atoms with van der Waals surface area (Å²) in [6, 6.07) is -0.295. The van der Waals surface area contributed by atoms with Gasteiger partial charge < -0.3 is 20.3 Å². The fourth-order valence-electron chi connectivity index (χ4n) is 1.98. The zero-order valence-corrected chi connectivity index (χ0v) is 11.7. The maximum atomic E-state index is 11.9. The van der Waals surface area contributed by atoms with Crippen LogP contribution < -0.4 is 10.6 Å². The van der Waals surface area contributed by atoms with Gasteiger partial charge >= 0.3 is 0 Å². The van der Waals surface area contributed by atoms with Gasteiger partial charge in [-0.3, -0.25) is 9.59 Å². The third kappa shape index (κ3) is 4.80. The summed E-state index contributed by atoms with van der Waals surface area (Å²) in [5, 5.41) is 5.59. The van der Waals surface area contributed by atoms with Crippen LogP contribution in [0.1, 0.15) is 12.8 Å². The Morgan fingerprint density at radius 1 is 1.44 bits per heavy atom. The quantitative estimate of drug-likeness (QED) is 0.636. The minimum absolute atomic E-state index is 0. The lowest BCUT2D eigenvalue weighted by Gasteiger charge is -2.23. The van der Waals surface area contributed by atoms with E-state index >= 15 is 0 Å². The van der Waals surface area contributed by atoms with Gasteiger partial charge in [-0.1, -0.05) is 0 Å². The average Bonchev–Trinajstić information content (AvgIpc) is 2.82. The van der Waals surface area contributed by atoms with Crippen molar-refractivity contribution >= 4 is 24.2 Å². The Kier molecular flexibility index (Phi) is 8.70. The summed E-state index contributed by atoms with van der Waals surface area (Å²) in [5.41, 5.74) is 0. The number of carbonyl (C=O) groups excluding carboxylic acids is 2. The van der Waals surface area contributed by atoms with Crippen molar-refractivity contribution < 1.29 is 14.3 Å². The van der Waals surface area contributed by atoms with Gasteiger partial charge in [-0.15, -0.1) is 12.4 Å². The zero-order valence-electron chi connectivity index (χ0n) is 10.9. The molecule has 0 spiro atoms. The van der Waals surface area contributed by atoms with E-state index in [1.54, 1.807) is 19.1 Å². The molecule has 1 aliphatic rings. The first-order chi connectivity index (χ1) is 8.20. The highest BCUT2D eigenvalue weighted by Crippen LogP contribution is 2.16. The summed E-state index contributed by atoms with van der Waals surface area (Å²) in [7, 11) is 3.21. The molecule has 0 aromatic rings. The Morgan fingerprint density at radius 3 is 2.78 bits per heavy atom. The fraction of sp³-hybridized carbons (Fsp3) is 0.818. The Balaban J connectivity index is 0.00000289. The SMILES string of the molecule is CNC(=O)C1CCCN1C(=O)CNCCOC.Cl. The number of nitrogens with one attached hydrogen (secondary N) is 2. The number of halogens is 1. The van der Waals surface area contributed by atoms with Crippen LogP contribution in [-0.2, 0) is 14.3 Å². The number of ether oxygens (including phenoxy) is 1. The van der Waals surface area contributed by atoms with Crippen LogP contribution in [0.25, 0.3) is 0 Å². The second-order valence-electron chi connectivity index (χ2n) is 4.03. The summed E-state index contributed by atoms with van der Waals surface area (Å²) in [5.74, 6) is -0.0973. The van der Waals surface area contributed by atoms with Crippen molar-refractivity contribution in [2.75, 3.05) is 40.4 Å². The van der Waals surface area contributed by atoms with Crippen molar-refractivity contribution in [2.24, 2.45) is 0 Å². The average molecular weight is 280 g/mol. The number of likely N-dealkylation sites (N-methyl/N-ethyl adjacent to an activating group) is 1. The smallest absolute Gasteiger partial charge is 0.242 e. The molecule has 1 heterocycles. The van der Waals surface area contributed by atoms with Gasteiger partial charge in [-0.05, 0) is 12.8 Å². The summed E-state index contributed by atoms with van der Waals surface area (Å²) in [6.07, 6.45) is 1.64. The first kappa shape index (κ1) is 17.2. The molecular weight excluding hydrogens is 258 g/mol. The predicted octanol–water partition coefficient (Wildman–Crippen LogP) is -0.619. The summed E-state index contributed by atoms with van der Waals surface area (Å²) < 4.78 is 4.87. The van der Waals surface area contributed by atoms with Crippen LogP contribution in [0, 0.1) is 0 Å². The van der Waals surface area contributed by atoms with Crippen LogP contribution in [0.2, 0.25) is 0 Å². The maximum Gasteiger partial charge on any atom is 0.242 e. The number of hydrogen-bond donors (Lipinski definition) is 2. The van der Waals surface area contributed by atoms with Gasteiger partial charge in [0.15, 0.2) is 0 Å². The van der Waals surface area contributed by atoms with E-state index in [4.69, 9.17) is 4.74 Å². The molecule has 0 aliphatic carbocycles. The molecule has 1 fully saturated rings. The minimum atomic E-state index is -0.295. The second-order valence-corrected chi connectivity index (χ2v) is 4.03. The van der Waals surface area contributed by atoms with Crippen molar-refractivity contribution in [1.29, 1.82) is 0 Å². The molecule has 106 valence electrons. The highest BCUT2D eigenvalue weighted by atomic mass is 35.5. The van der Waals surface area contributed by atoms with Crippen LogP contribution in [0.5, 0.6) is 0 Å². The van der Waals surface area contributed by atoms with E-state index in [-0.39, 0.29) is 36.8 Å². The molecule has 0 saturated carbocycles. The number of amides is 2. The lowest BCUT2D eigenvalue weighted by molar-refractivity contribution is -0.137. The van der Waals surface area contributed by atoms with Gasteiger partial charge in [-0.25, -0.2) is 0 Å². The zero-order chi connectivity index (χ0) is 12.7. The third-order valence-electron chi connectivity index (χ3n) is 2.88. The highest BCUT2D eigenvalue weighted by molar-refractivity contribution is 5.88. The van der Waals surface area contributed by atoms with E-state index in [2.05, 4.69) is 10.6 Å². The fourth-order valence-corrected chi connectivity index (χ4v) is 1.98. The summed E-state index contributed by atoms with van der Waals surface area (Å²) >= 11 is 0. The lowest BCUT2D eigenvalue weighted by atomic mass is 10.2. The Bertz CT molecular complexity index is 276. The van der Waals surface area contributed by atoms with E-state index in [0.717, 1.165) is 12.8 Å². The van der Waals surface area contributed by atoms with E-state index in [1.165, 1.54) is 0 Å². The Labute approximate surface area is 114 Å². The first-order valence-electron chi connectivity index (χ1n) is 5.91. The number of likely N-dealkylation sites (tertiary alicyclic amines) is 1. The highest BCUT2D eigenvalue weighted by Gasteiger charge is 2.32. The van der Waals surface area contributed by atoms with Crippen molar-refractivity contribution in [3.63, 3.8) is 0 Å². The molecule has 0 radical (unpaired) electrons. The topological polar surface area (TPSA) is 70.7 Å². The standard InChI is InChI=1S/C11H21N3O3.ClH/c1-12-11(16)9-4-3-6-14(9)10(15)8-13-5-7-17-2;/h9,13H,3-8H2,1-2H3,(H,12,16);1H. The van der Waals surface area contributed by atoms with E-state index < -0.39 is 0 Å². The predicted molar refractivity (Wildman–Crippen MR) is 70.8 cm³/mol. The van der Waals surface area contributed by atoms with Crippen LogP contribution in [0.4, 0.5) is 0 Å². The Hall–Kier alpha value is -0.850. The molecule has 2 N–H and O–H groups in total. The van der Waals surface area contributed by atoms with Gasteiger partial charge in [-0.2, -0.15) is 0 Å². The molecule has 1 saturated heterocycles. The molecule has 2 amide bonds. The van der Waals surface area contributed by atoms with Crippen LogP contribution in [-0.4, -0.2) is 63.2 Å². The molecule has 6 nitrogen and oxygen atoms in total. The van der Waals surface area contributed by atoms with Gasteiger partial charge in [0.25, 0.3) is 0 Å². The number of rotatable bonds is 6. The molecule has 1 rings (SSSR count). The first-order valence-corrected chi connectivity index (χ1v) is 5.91. The maximum absolute atomic E-state index is 11.9. The molecule has 18 heavy (non-hydrogen) atoms. The third-order valence-corrected chi connectivity index (χ3v) is 2.88.